The highest BCUT2D eigenvalue weighted by atomic mass is 79.9. The first-order valence-corrected chi connectivity index (χ1v) is 9.67. The Hall–Kier alpha value is -0.610. The third kappa shape index (κ3) is 3.26. The molecule has 1 aliphatic rings. The first-order valence-electron chi connectivity index (χ1n) is 5.79. The number of ether oxygens (including phenoxy) is 2. The van der Waals surface area contributed by atoms with E-state index in [1.165, 1.54) is 0 Å². The highest BCUT2D eigenvalue weighted by Crippen LogP contribution is 2.35. The number of halogens is 2. The predicted molar refractivity (Wildman–Crippen MR) is 86.3 cm³/mol. The van der Waals surface area contributed by atoms with Gasteiger partial charge in [0.05, 0.1) is 3.79 Å². The van der Waals surface area contributed by atoms with Gasteiger partial charge in [-0.15, -0.1) is 11.3 Å². The van der Waals surface area contributed by atoms with Gasteiger partial charge in [-0.3, -0.25) is 0 Å². The van der Waals surface area contributed by atoms with Crippen LogP contribution in [0.2, 0.25) is 0 Å². The summed E-state index contributed by atoms with van der Waals surface area (Å²) in [6.45, 7) is 0.383. The summed E-state index contributed by atoms with van der Waals surface area (Å²) in [6, 6.07) is 6.91. The molecular formula is C12H9Br2NO4S2. The highest BCUT2D eigenvalue weighted by molar-refractivity contribution is 9.13. The van der Waals surface area contributed by atoms with E-state index in [4.69, 9.17) is 9.47 Å². The van der Waals surface area contributed by atoms with Crippen LogP contribution in [0.4, 0.5) is 0 Å². The van der Waals surface area contributed by atoms with Crippen molar-refractivity contribution < 1.29 is 17.9 Å². The van der Waals surface area contributed by atoms with E-state index in [0.717, 1.165) is 25.2 Å². The van der Waals surface area contributed by atoms with Crippen molar-refractivity contribution in [1.29, 1.82) is 0 Å². The van der Waals surface area contributed by atoms with Crippen molar-refractivity contribution in [2.45, 2.75) is 10.8 Å². The number of hydrogen-bond donors (Lipinski definition) is 1. The zero-order chi connectivity index (χ0) is 15.0. The standard InChI is InChI=1S/C12H9Br2NO4S2/c13-8-4-11(20-12(8)14)21(16,17)15-5-7-1-2-9-10(3-7)19-6-18-9/h1-4,15H,5-6H2. The normalized spacial score (nSPS) is 13.6. The Morgan fingerprint density at radius 2 is 1.95 bits per heavy atom. The average Bonchev–Trinajstić information content (AvgIpc) is 3.04. The fourth-order valence-corrected chi connectivity index (χ4v) is 5.64. The van der Waals surface area contributed by atoms with Crippen LogP contribution in [0, 0.1) is 0 Å². The lowest BCUT2D eigenvalue weighted by Crippen LogP contribution is -2.22. The van der Waals surface area contributed by atoms with Crippen LogP contribution in [0.15, 0.2) is 36.7 Å². The van der Waals surface area contributed by atoms with Crippen LogP contribution in [0.25, 0.3) is 0 Å². The zero-order valence-corrected chi connectivity index (χ0v) is 15.2. The Bertz CT molecular complexity index is 769. The van der Waals surface area contributed by atoms with Crippen LogP contribution in [0.1, 0.15) is 5.56 Å². The van der Waals surface area contributed by atoms with Crippen LogP contribution >= 0.6 is 43.2 Å². The summed E-state index contributed by atoms with van der Waals surface area (Å²) < 4.78 is 39.2. The molecule has 0 fully saturated rings. The Labute approximate surface area is 142 Å². The monoisotopic (exact) mass is 453 g/mol. The molecule has 0 bridgehead atoms. The second-order valence-electron chi connectivity index (χ2n) is 4.20. The van der Waals surface area contributed by atoms with Gasteiger partial charge in [0.25, 0.3) is 0 Å². The molecule has 0 unspecified atom stereocenters. The molecule has 2 heterocycles. The number of benzene rings is 1. The van der Waals surface area contributed by atoms with Crippen molar-refractivity contribution >= 4 is 53.2 Å². The summed E-state index contributed by atoms with van der Waals surface area (Å²) in [4.78, 5) is 0. The summed E-state index contributed by atoms with van der Waals surface area (Å²) >= 11 is 7.72. The lowest BCUT2D eigenvalue weighted by Gasteiger charge is -2.05. The van der Waals surface area contributed by atoms with Crippen LogP contribution in [-0.2, 0) is 16.6 Å². The molecule has 112 valence electrons. The summed E-state index contributed by atoms with van der Waals surface area (Å²) in [7, 11) is -3.54. The van der Waals surface area contributed by atoms with Gasteiger partial charge in [0.1, 0.15) is 4.21 Å². The molecule has 2 aromatic rings. The van der Waals surface area contributed by atoms with Crippen LogP contribution in [-0.4, -0.2) is 15.2 Å². The molecule has 1 N–H and O–H groups in total. The second-order valence-corrected chi connectivity index (χ2v) is 9.42. The summed E-state index contributed by atoms with van der Waals surface area (Å²) in [5, 5.41) is 0. The SMILES string of the molecule is O=S(=O)(NCc1ccc2c(c1)OCO2)c1cc(Br)c(Br)s1. The summed E-state index contributed by atoms with van der Waals surface area (Å²) in [5.74, 6) is 1.31. The molecule has 1 aliphatic heterocycles. The lowest BCUT2D eigenvalue weighted by molar-refractivity contribution is 0.174. The third-order valence-electron chi connectivity index (χ3n) is 2.79. The van der Waals surface area contributed by atoms with Gasteiger partial charge in [-0.1, -0.05) is 6.07 Å². The highest BCUT2D eigenvalue weighted by Gasteiger charge is 2.19. The minimum atomic E-state index is -3.54. The van der Waals surface area contributed by atoms with Crippen molar-refractivity contribution in [1.82, 2.24) is 4.72 Å². The number of sulfonamides is 1. The molecule has 21 heavy (non-hydrogen) atoms. The number of nitrogens with one attached hydrogen (secondary N) is 1. The molecule has 1 aromatic heterocycles. The van der Waals surface area contributed by atoms with E-state index in [2.05, 4.69) is 36.6 Å². The van der Waals surface area contributed by atoms with Gasteiger partial charge < -0.3 is 9.47 Å². The van der Waals surface area contributed by atoms with E-state index in [1.54, 1.807) is 24.3 Å². The average molecular weight is 455 g/mol. The van der Waals surface area contributed by atoms with E-state index in [-0.39, 0.29) is 17.5 Å². The second kappa shape index (κ2) is 5.88. The first-order chi connectivity index (χ1) is 9.95. The maximum atomic E-state index is 12.2. The molecule has 0 radical (unpaired) electrons. The quantitative estimate of drug-likeness (QED) is 0.767. The van der Waals surface area contributed by atoms with E-state index < -0.39 is 10.0 Å². The third-order valence-corrected chi connectivity index (χ3v) is 7.92. The topological polar surface area (TPSA) is 64.6 Å². The molecule has 0 saturated carbocycles. The van der Waals surface area contributed by atoms with Crippen molar-refractivity contribution in [3.8, 4) is 11.5 Å². The molecule has 0 amide bonds. The summed E-state index contributed by atoms with van der Waals surface area (Å²) in [5.41, 5.74) is 0.803. The van der Waals surface area contributed by atoms with Gasteiger partial charge in [-0.05, 0) is 55.6 Å². The largest absolute Gasteiger partial charge is 0.454 e. The van der Waals surface area contributed by atoms with E-state index in [1.807, 2.05) is 0 Å². The minimum Gasteiger partial charge on any atom is -0.454 e. The van der Waals surface area contributed by atoms with E-state index >= 15 is 0 Å². The fraction of sp³-hybridized carbons (Fsp3) is 0.167. The van der Waals surface area contributed by atoms with Crippen molar-refractivity contribution in [3.63, 3.8) is 0 Å². The Kier molecular flexibility index (Phi) is 4.28. The fourth-order valence-electron chi connectivity index (χ4n) is 1.76. The zero-order valence-electron chi connectivity index (χ0n) is 10.4. The molecule has 0 aliphatic carbocycles. The molecule has 0 atom stereocenters. The molecule has 1 aromatic carbocycles. The maximum Gasteiger partial charge on any atom is 0.250 e. The number of thiophene rings is 1. The lowest BCUT2D eigenvalue weighted by atomic mass is 10.2. The molecule has 0 spiro atoms. The number of rotatable bonds is 4. The first kappa shape index (κ1) is 15.3. The molecule has 3 rings (SSSR count). The molecular weight excluding hydrogens is 446 g/mol. The minimum absolute atomic E-state index is 0.187. The van der Waals surface area contributed by atoms with Gasteiger partial charge in [0.15, 0.2) is 11.5 Å². The van der Waals surface area contributed by atoms with Crippen molar-refractivity contribution in [2.24, 2.45) is 0 Å². The van der Waals surface area contributed by atoms with Gasteiger partial charge in [0.2, 0.25) is 16.8 Å². The molecule has 5 nitrogen and oxygen atoms in total. The van der Waals surface area contributed by atoms with Crippen LogP contribution in [0.3, 0.4) is 0 Å². The number of fused-ring (bicyclic) bond motifs is 1. The van der Waals surface area contributed by atoms with Gasteiger partial charge in [-0.25, -0.2) is 13.1 Å². The Morgan fingerprint density at radius 3 is 2.67 bits per heavy atom. The summed E-state index contributed by atoms with van der Waals surface area (Å²) in [6.07, 6.45) is 0. The van der Waals surface area contributed by atoms with Crippen LogP contribution in [0.5, 0.6) is 11.5 Å². The predicted octanol–water partition coefficient (Wildman–Crippen LogP) is 3.48. The molecule has 9 heteroatoms. The van der Waals surface area contributed by atoms with E-state index in [9.17, 15) is 8.42 Å². The maximum absolute atomic E-state index is 12.2. The van der Waals surface area contributed by atoms with E-state index in [0.29, 0.717) is 11.5 Å². The van der Waals surface area contributed by atoms with Gasteiger partial charge >= 0.3 is 0 Å². The number of hydrogen-bond acceptors (Lipinski definition) is 5. The van der Waals surface area contributed by atoms with Crippen molar-refractivity contribution in [2.75, 3.05) is 6.79 Å². The van der Waals surface area contributed by atoms with Crippen molar-refractivity contribution in [3.05, 3.63) is 38.1 Å². The van der Waals surface area contributed by atoms with Gasteiger partial charge in [-0.2, -0.15) is 0 Å². The van der Waals surface area contributed by atoms with Crippen LogP contribution < -0.4 is 14.2 Å². The van der Waals surface area contributed by atoms with Gasteiger partial charge in [0, 0.05) is 11.0 Å². The molecule has 0 saturated heterocycles. The smallest absolute Gasteiger partial charge is 0.250 e. The Balaban J connectivity index is 1.75. The Morgan fingerprint density at radius 1 is 1.19 bits per heavy atom.